The molecule has 1 saturated heterocycles. The molecule has 1 atom stereocenters. The average molecular weight is 468 g/mol. The van der Waals surface area contributed by atoms with Crippen LogP contribution >= 0.6 is 0 Å². The lowest BCUT2D eigenvalue weighted by Crippen LogP contribution is -2.52. The summed E-state index contributed by atoms with van der Waals surface area (Å²) in [5.41, 5.74) is 3.47. The van der Waals surface area contributed by atoms with E-state index in [1.807, 2.05) is 84.2 Å². The minimum atomic E-state index is -0.730. The molecule has 0 saturated carbocycles. The first-order chi connectivity index (χ1) is 17.2. The van der Waals surface area contributed by atoms with E-state index in [1.165, 1.54) is 5.56 Å². The molecule has 0 radical (unpaired) electrons. The SMILES string of the molecule is O=C(N[C@H](C(=O)N1CCN(CCc2ccncc2)CC1)c1ccccc1)c1ccc2cc[nH]c2c1. The van der Waals surface area contributed by atoms with Crippen LogP contribution in [0.2, 0.25) is 0 Å². The molecule has 7 nitrogen and oxygen atoms in total. The van der Waals surface area contributed by atoms with Crippen LogP contribution < -0.4 is 5.32 Å². The van der Waals surface area contributed by atoms with E-state index in [-0.39, 0.29) is 11.8 Å². The van der Waals surface area contributed by atoms with Gasteiger partial charge in [-0.05, 0) is 53.3 Å². The fourth-order valence-corrected chi connectivity index (χ4v) is 4.55. The topological polar surface area (TPSA) is 81.3 Å². The van der Waals surface area contributed by atoms with Gasteiger partial charge in [-0.3, -0.25) is 19.5 Å². The van der Waals surface area contributed by atoms with Gasteiger partial charge in [0.2, 0.25) is 5.91 Å². The molecule has 0 aliphatic carbocycles. The van der Waals surface area contributed by atoms with E-state index in [4.69, 9.17) is 0 Å². The van der Waals surface area contributed by atoms with Gasteiger partial charge < -0.3 is 15.2 Å². The molecule has 35 heavy (non-hydrogen) atoms. The summed E-state index contributed by atoms with van der Waals surface area (Å²) in [6.07, 6.45) is 6.45. The monoisotopic (exact) mass is 467 g/mol. The van der Waals surface area contributed by atoms with Gasteiger partial charge in [-0.25, -0.2) is 0 Å². The van der Waals surface area contributed by atoms with Gasteiger partial charge in [0.05, 0.1) is 0 Å². The van der Waals surface area contributed by atoms with E-state index in [1.54, 1.807) is 6.07 Å². The number of H-pyrrole nitrogens is 1. The molecule has 178 valence electrons. The summed E-state index contributed by atoms with van der Waals surface area (Å²) < 4.78 is 0. The van der Waals surface area contributed by atoms with Crippen LogP contribution in [0.5, 0.6) is 0 Å². The smallest absolute Gasteiger partial charge is 0.252 e. The summed E-state index contributed by atoms with van der Waals surface area (Å²) in [6, 6.07) is 20.3. The number of aromatic amines is 1. The summed E-state index contributed by atoms with van der Waals surface area (Å²) in [5, 5.41) is 4.04. The van der Waals surface area contributed by atoms with Crippen molar-refractivity contribution in [3.05, 3.63) is 102 Å². The molecule has 0 bridgehead atoms. The Morgan fingerprint density at radius 2 is 1.71 bits per heavy atom. The van der Waals surface area contributed by atoms with Crippen molar-refractivity contribution in [1.82, 2.24) is 25.1 Å². The van der Waals surface area contributed by atoms with E-state index in [2.05, 4.69) is 20.2 Å². The zero-order chi connectivity index (χ0) is 24.0. The molecule has 2 aromatic carbocycles. The fraction of sp³-hybridized carbons (Fsp3) is 0.250. The largest absolute Gasteiger partial charge is 0.361 e. The van der Waals surface area contributed by atoms with Gasteiger partial charge in [0.15, 0.2) is 0 Å². The van der Waals surface area contributed by atoms with Crippen LogP contribution in [0.4, 0.5) is 0 Å². The van der Waals surface area contributed by atoms with Crippen molar-refractivity contribution in [2.45, 2.75) is 12.5 Å². The molecule has 0 unspecified atom stereocenters. The molecular formula is C28H29N5O2. The number of piperazine rings is 1. The van der Waals surface area contributed by atoms with Crippen LogP contribution in [-0.2, 0) is 11.2 Å². The highest BCUT2D eigenvalue weighted by Gasteiger charge is 2.30. The second-order valence-corrected chi connectivity index (χ2v) is 8.87. The van der Waals surface area contributed by atoms with Crippen molar-refractivity contribution >= 4 is 22.7 Å². The average Bonchev–Trinajstić information content (AvgIpc) is 3.39. The third-order valence-corrected chi connectivity index (χ3v) is 6.62. The van der Waals surface area contributed by atoms with Crippen LogP contribution in [0.3, 0.4) is 0 Å². The third kappa shape index (κ3) is 5.41. The van der Waals surface area contributed by atoms with E-state index in [9.17, 15) is 9.59 Å². The molecule has 2 aromatic heterocycles. The maximum absolute atomic E-state index is 13.6. The fourth-order valence-electron chi connectivity index (χ4n) is 4.55. The number of fused-ring (bicyclic) bond motifs is 1. The molecule has 0 spiro atoms. The highest BCUT2D eigenvalue weighted by molar-refractivity contribution is 6.00. The van der Waals surface area contributed by atoms with Crippen LogP contribution in [0.25, 0.3) is 10.9 Å². The first kappa shape index (κ1) is 22.8. The van der Waals surface area contributed by atoms with Gasteiger partial charge in [0, 0.05) is 62.4 Å². The lowest BCUT2D eigenvalue weighted by atomic mass is 10.0. The van der Waals surface area contributed by atoms with Gasteiger partial charge in [-0.1, -0.05) is 36.4 Å². The molecule has 1 aliphatic rings. The molecule has 2 N–H and O–H groups in total. The molecule has 5 rings (SSSR count). The van der Waals surface area contributed by atoms with Gasteiger partial charge in [-0.15, -0.1) is 0 Å². The van der Waals surface area contributed by atoms with Crippen LogP contribution in [0.1, 0.15) is 27.5 Å². The number of hydrogen-bond donors (Lipinski definition) is 2. The normalized spacial score (nSPS) is 15.1. The molecule has 2 amide bonds. The van der Waals surface area contributed by atoms with Crippen molar-refractivity contribution in [1.29, 1.82) is 0 Å². The summed E-state index contributed by atoms with van der Waals surface area (Å²) in [7, 11) is 0. The number of aromatic nitrogens is 2. The van der Waals surface area contributed by atoms with Crippen LogP contribution in [0, 0.1) is 0 Å². The summed E-state index contributed by atoms with van der Waals surface area (Å²) in [4.78, 5) is 38.2. The number of nitrogens with zero attached hydrogens (tertiary/aromatic N) is 3. The minimum Gasteiger partial charge on any atom is -0.361 e. The Labute approximate surface area is 204 Å². The Kier molecular flexibility index (Phi) is 6.86. The van der Waals surface area contributed by atoms with E-state index >= 15 is 0 Å². The third-order valence-electron chi connectivity index (χ3n) is 6.62. The zero-order valence-electron chi connectivity index (χ0n) is 19.6. The van der Waals surface area contributed by atoms with E-state index in [0.29, 0.717) is 18.7 Å². The predicted octanol–water partition coefficient (Wildman–Crippen LogP) is 3.42. The molecule has 4 aromatic rings. The Morgan fingerprint density at radius 1 is 0.943 bits per heavy atom. The highest BCUT2D eigenvalue weighted by atomic mass is 16.2. The Hall–Kier alpha value is -3.97. The number of rotatable bonds is 7. The highest BCUT2D eigenvalue weighted by Crippen LogP contribution is 2.20. The maximum atomic E-state index is 13.6. The minimum absolute atomic E-state index is 0.0701. The zero-order valence-corrected chi connectivity index (χ0v) is 19.6. The number of hydrogen-bond acceptors (Lipinski definition) is 4. The van der Waals surface area contributed by atoms with Crippen LogP contribution in [-0.4, -0.2) is 64.3 Å². The number of amides is 2. The Morgan fingerprint density at radius 3 is 2.49 bits per heavy atom. The molecule has 1 fully saturated rings. The number of carbonyl (C=O) groups is 2. The van der Waals surface area contributed by atoms with Crippen molar-refractivity contribution in [3.63, 3.8) is 0 Å². The Balaban J connectivity index is 1.25. The van der Waals surface area contributed by atoms with Crippen molar-refractivity contribution in [3.8, 4) is 0 Å². The first-order valence-corrected chi connectivity index (χ1v) is 12.0. The number of pyridine rings is 1. The number of nitrogens with one attached hydrogen (secondary N) is 2. The second-order valence-electron chi connectivity index (χ2n) is 8.87. The maximum Gasteiger partial charge on any atom is 0.252 e. The van der Waals surface area contributed by atoms with E-state index < -0.39 is 6.04 Å². The second kappa shape index (κ2) is 10.5. The van der Waals surface area contributed by atoms with Crippen molar-refractivity contribution < 1.29 is 9.59 Å². The van der Waals surface area contributed by atoms with Gasteiger partial charge in [0.1, 0.15) is 6.04 Å². The number of carbonyl (C=O) groups excluding carboxylic acids is 2. The lowest BCUT2D eigenvalue weighted by molar-refractivity contribution is -0.135. The molecule has 7 heteroatoms. The Bertz CT molecular complexity index is 1280. The lowest BCUT2D eigenvalue weighted by Gasteiger charge is -2.36. The van der Waals surface area contributed by atoms with Crippen molar-refractivity contribution in [2.75, 3.05) is 32.7 Å². The molecule has 1 aliphatic heterocycles. The van der Waals surface area contributed by atoms with Gasteiger partial charge >= 0.3 is 0 Å². The van der Waals surface area contributed by atoms with Crippen molar-refractivity contribution in [2.24, 2.45) is 0 Å². The van der Waals surface area contributed by atoms with Gasteiger partial charge in [0.25, 0.3) is 5.91 Å². The first-order valence-electron chi connectivity index (χ1n) is 12.0. The molecular weight excluding hydrogens is 438 g/mol. The standard InChI is InChI=1S/C28H29N5O2/c34-27(24-7-6-22-10-14-30-25(22)20-24)31-26(23-4-2-1-3-5-23)28(35)33-18-16-32(17-19-33)15-11-21-8-12-29-13-9-21/h1-10,12-14,20,26,30H,11,15-19H2,(H,31,34)/t26-/m0/s1. The van der Waals surface area contributed by atoms with Gasteiger partial charge in [-0.2, -0.15) is 0 Å². The quantitative estimate of drug-likeness (QED) is 0.436. The number of benzene rings is 2. The summed E-state index contributed by atoms with van der Waals surface area (Å²) >= 11 is 0. The summed E-state index contributed by atoms with van der Waals surface area (Å²) in [6.45, 7) is 3.86. The summed E-state index contributed by atoms with van der Waals surface area (Å²) in [5.74, 6) is -0.334. The van der Waals surface area contributed by atoms with E-state index in [0.717, 1.165) is 42.5 Å². The predicted molar refractivity (Wildman–Crippen MR) is 136 cm³/mol. The molecule has 3 heterocycles. The van der Waals surface area contributed by atoms with Crippen LogP contribution in [0.15, 0.2) is 85.3 Å².